The minimum atomic E-state index is -0.571. The van der Waals surface area contributed by atoms with E-state index < -0.39 is 5.54 Å². The van der Waals surface area contributed by atoms with Crippen LogP contribution in [-0.2, 0) is 11.2 Å². The summed E-state index contributed by atoms with van der Waals surface area (Å²) >= 11 is 0. The summed E-state index contributed by atoms with van der Waals surface area (Å²) in [6.45, 7) is 3.98. The molecule has 0 radical (unpaired) electrons. The minimum absolute atomic E-state index is 0.0766. The van der Waals surface area contributed by atoms with E-state index in [1.807, 2.05) is 38.1 Å². The van der Waals surface area contributed by atoms with Crippen molar-refractivity contribution < 1.29 is 9.21 Å². The van der Waals surface area contributed by atoms with Gasteiger partial charge in [0.05, 0.1) is 12.7 Å². The van der Waals surface area contributed by atoms with E-state index in [9.17, 15) is 4.79 Å². The normalized spacial score (nSPS) is 11.5. The van der Waals surface area contributed by atoms with Crippen LogP contribution in [0.15, 0.2) is 47.1 Å². The molecule has 3 rings (SSSR count). The van der Waals surface area contributed by atoms with Crippen LogP contribution < -0.4 is 5.32 Å². The predicted molar refractivity (Wildman–Crippen MR) is 97.7 cm³/mol. The van der Waals surface area contributed by atoms with Crippen molar-refractivity contribution in [2.75, 3.05) is 0 Å². The number of fused-ring (bicyclic) bond motifs is 3. The number of terminal acetylenes is 1. The quantitative estimate of drug-likeness (QED) is 0.707. The van der Waals surface area contributed by atoms with Gasteiger partial charge in [0, 0.05) is 10.9 Å². The summed E-state index contributed by atoms with van der Waals surface area (Å²) in [5, 5.41) is 6.25. The third-order valence-electron chi connectivity index (χ3n) is 4.75. The average molecular weight is 319 g/mol. The summed E-state index contributed by atoms with van der Waals surface area (Å²) in [6.07, 6.45) is 8.98. The van der Waals surface area contributed by atoms with Crippen LogP contribution in [0.4, 0.5) is 0 Å². The highest BCUT2D eigenvalue weighted by Crippen LogP contribution is 2.30. The van der Waals surface area contributed by atoms with E-state index in [1.165, 1.54) is 0 Å². The second kappa shape index (κ2) is 6.41. The van der Waals surface area contributed by atoms with Gasteiger partial charge in [-0.05, 0) is 29.7 Å². The van der Waals surface area contributed by atoms with Gasteiger partial charge in [0.1, 0.15) is 11.1 Å². The Hall–Kier alpha value is -2.73. The molecule has 0 saturated heterocycles. The van der Waals surface area contributed by atoms with E-state index in [0.717, 1.165) is 27.3 Å². The van der Waals surface area contributed by atoms with Crippen LogP contribution in [0, 0.1) is 12.3 Å². The van der Waals surface area contributed by atoms with E-state index in [-0.39, 0.29) is 12.3 Å². The molecule has 0 aliphatic heterocycles. The molecule has 0 atom stereocenters. The van der Waals surface area contributed by atoms with Crippen molar-refractivity contribution in [2.24, 2.45) is 0 Å². The number of furan rings is 1. The van der Waals surface area contributed by atoms with Crippen molar-refractivity contribution in [2.45, 2.75) is 38.6 Å². The molecule has 0 spiro atoms. The Labute approximate surface area is 142 Å². The predicted octanol–water partition coefficient (Wildman–Crippen LogP) is 4.44. The summed E-state index contributed by atoms with van der Waals surface area (Å²) < 4.78 is 5.65. The second-order valence-electron chi connectivity index (χ2n) is 6.08. The van der Waals surface area contributed by atoms with Crippen molar-refractivity contribution >= 4 is 27.6 Å². The lowest BCUT2D eigenvalue weighted by Gasteiger charge is -2.27. The molecule has 3 heteroatoms. The Balaban J connectivity index is 1.95. The molecule has 24 heavy (non-hydrogen) atoms. The standard InChI is InChI=1S/C21H21NO2/c1-4-21(5-2,6-3)22-19(23)13-16-14-24-18-12-11-15-9-7-8-10-17(15)20(16)18/h1,7-12,14H,5-6,13H2,2-3H3,(H,22,23). The number of benzene rings is 2. The van der Waals surface area contributed by atoms with Crippen molar-refractivity contribution in [3.63, 3.8) is 0 Å². The Morgan fingerprint density at radius 3 is 2.67 bits per heavy atom. The first-order valence-corrected chi connectivity index (χ1v) is 8.29. The maximum atomic E-state index is 12.5. The molecule has 0 saturated carbocycles. The molecule has 1 N–H and O–H groups in total. The lowest BCUT2D eigenvalue weighted by atomic mass is 9.93. The van der Waals surface area contributed by atoms with Gasteiger partial charge >= 0.3 is 0 Å². The van der Waals surface area contributed by atoms with Gasteiger partial charge in [-0.3, -0.25) is 4.79 Å². The molecular formula is C21H21NO2. The van der Waals surface area contributed by atoms with Crippen LogP contribution in [0.5, 0.6) is 0 Å². The number of nitrogens with one attached hydrogen (secondary N) is 1. The SMILES string of the molecule is C#CC(CC)(CC)NC(=O)Cc1coc2ccc3ccccc3c12. The largest absolute Gasteiger partial charge is 0.464 e. The number of carbonyl (C=O) groups excluding carboxylic acids is 1. The van der Waals surface area contributed by atoms with Crippen LogP contribution in [0.2, 0.25) is 0 Å². The lowest BCUT2D eigenvalue weighted by molar-refractivity contribution is -0.121. The molecule has 0 aliphatic carbocycles. The van der Waals surface area contributed by atoms with Crippen LogP contribution in [-0.4, -0.2) is 11.4 Å². The Morgan fingerprint density at radius 2 is 1.96 bits per heavy atom. The summed E-state index contributed by atoms with van der Waals surface area (Å²) in [5.74, 6) is 2.66. The summed E-state index contributed by atoms with van der Waals surface area (Å²) in [6, 6.07) is 12.1. The van der Waals surface area contributed by atoms with Crippen LogP contribution in [0.1, 0.15) is 32.3 Å². The van der Waals surface area contributed by atoms with Crippen molar-refractivity contribution in [3.8, 4) is 12.3 Å². The summed E-state index contributed by atoms with van der Waals surface area (Å²) in [5.41, 5.74) is 1.11. The van der Waals surface area contributed by atoms with Crippen LogP contribution in [0.25, 0.3) is 21.7 Å². The van der Waals surface area contributed by atoms with E-state index in [2.05, 4.69) is 23.4 Å². The van der Waals surface area contributed by atoms with Gasteiger partial charge in [-0.2, -0.15) is 0 Å². The number of hydrogen-bond donors (Lipinski definition) is 1. The summed E-state index contributed by atoms with van der Waals surface area (Å²) in [4.78, 5) is 12.5. The van der Waals surface area contributed by atoms with Crippen molar-refractivity contribution in [1.29, 1.82) is 0 Å². The van der Waals surface area contributed by atoms with E-state index >= 15 is 0 Å². The molecule has 0 fully saturated rings. The number of amides is 1. The van der Waals surface area contributed by atoms with Gasteiger partial charge in [-0.1, -0.05) is 50.1 Å². The molecule has 1 amide bonds. The maximum Gasteiger partial charge on any atom is 0.225 e. The average Bonchev–Trinajstić information content (AvgIpc) is 3.03. The van der Waals surface area contributed by atoms with E-state index in [0.29, 0.717) is 12.8 Å². The monoisotopic (exact) mass is 319 g/mol. The molecule has 1 aromatic heterocycles. The highest BCUT2D eigenvalue weighted by molar-refractivity contribution is 6.08. The molecule has 0 bridgehead atoms. The zero-order valence-corrected chi connectivity index (χ0v) is 14.1. The molecule has 0 aliphatic rings. The van der Waals surface area contributed by atoms with Crippen molar-refractivity contribution in [3.05, 3.63) is 48.2 Å². The third kappa shape index (κ3) is 2.76. The Morgan fingerprint density at radius 1 is 1.21 bits per heavy atom. The fourth-order valence-electron chi connectivity index (χ4n) is 3.16. The van der Waals surface area contributed by atoms with Gasteiger partial charge in [0.2, 0.25) is 5.91 Å². The molecular weight excluding hydrogens is 298 g/mol. The maximum absolute atomic E-state index is 12.5. The fourth-order valence-corrected chi connectivity index (χ4v) is 3.16. The van der Waals surface area contributed by atoms with Crippen LogP contribution >= 0.6 is 0 Å². The highest BCUT2D eigenvalue weighted by Gasteiger charge is 2.25. The van der Waals surface area contributed by atoms with Gasteiger partial charge in [0.25, 0.3) is 0 Å². The van der Waals surface area contributed by atoms with E-state index in [1.54, 1.807) is 6.26 Å². The summed E-state index contributed by atoms with van der Waals surface area (Å²) in [7, 11) is 0. The van der Waals surface area contributed by atoms with Gasteiger partial charge in [-0.15, -0.1) is 6.42 Å². The molecule has 2 aromatic carbocycles. The zero-order chi connectivity index (χ0) is 17.2. The minimum Gasteiger partial charge on any atom is -0.464 e. The first-order valence-electron chi connectivity index (χ1n) is 8.29. The number of hydrogen-bond acceptors (Lipinski definition) is 2. The van der Waals surface area contributed by atoms with Crippen LogP contribution in [0.3, 0.4) is 0 Å². The molecule has 0 unspecified atom stereocenters. The van der Waals surface area contributed by atoms with Gasteiger partial charge in [-0.25, -0.2) is 0 Å². The number of rotatable bonds is 5. The lowest BCUT2D eigenvalue weighted by Crippen LogP contribution is -2.47. The third-order valence-corrected chi connectivity index (χ3v) is 4.75. The molecule has 1 heterocycles. The fraction of sp³-hybridized carbons (Fsp3) is 0.286. The van der Waals surface area contributed by atoms with Gasteiger partial charge in [0.15, 0.2) is 0 Å². The molecule has 3 nitrogen and oxygen atoms in total. The first kappa shape index (κ1) is 16.1. The second-order valence-corrected chi connectivity index (χ2v) is 6.08. The zero-order valence-electron chi connectivity index (χ0n) is 14.1. The smallest absolute Gasteiger partial charge is 0.225 e. The Bertz CT molecular complexity index is 926. The van der Waals surface area contributed by atoms with E-state index in [4.69, 9.17) is 10.8 Å². The molecule has 3 aromatic rings. The Kier molecular flexibility index (Phi) is 4.31. The highest BCUT2D eigenvalue weighted by atomic mass is 16.3. The first-order chi connectivity index (χ1) is 11.6. The molecule has 122 valence electrons. The topological polar surface area (TPSA) is 42.2 Å². The number of carbonyl (C=O) groups is 1. The van der Waals surface area contributed by atoms with Gasteiger partial charge < -0.3 is 9.73 Å². The van der Waals surface area contributed by atoms with Crippen molar-refractivity contribution in [1.82, 2.24) is 5.32 Å².